The lowest BCUT2D eigenvalue weighted by Crippen LogP contribution is -2.54. The number of nitrogens with one attached hydrogen (secondary N) is 1. The highest BCUT2D eigenvalue weighted by atomic mass is 19.1. The number of anilines is 1. The molecule has 1 aromatic carbocycles. The minimum absolute atomic E-state index is 0.0226. The van der Waals surface area contributed by atoms with E-state index in [1.54, 1.807) is 18.2 Å². The van der Waals surface area contributed by atoms with E-state index >= 15 is 0 Å². The molecule has 22 heavy (non-hydrogen) atoms. The van der Waals surface area contributed by atoms with Gasteiger partial charge in [0.15, 0.2) is 6.29 Å². The lowest BCUT2D eigenvalue weighted by Gasteiger charge is -2.43. The molecule has 1 fully saturated rings. The highest BCUT2D eigenvalue weighted by Gasteiger charge is 2.39. The van der Waals surface area contributed by atoms with Gasteiger partial charge in [0.1, 0.15) is 5.69 Å². The molecule has 0 bridgehead atoms. The Morgan fingerprint density at radius 2 is 2.00 bits per heavy atom. The van der Waals surface area contributed by atoms with Crippen LogP contribution in [0.1, 0.15) is 26.7 Å². The molecule has 2 rings (SSSR count). The van der Waals surface area contributed by atoms with Gasteiger partial charge in [-0.3, -0.25) is 19.8 Å². The Labute approximate surface area is 128 Å². The fraction of sp³-hybridized carbons (Fsp3) is 0.533. The highest BCUT2D eigenvalue weighted by Crippen LogP contribution is 2.33. The van der Waals surface area contributed by atoms with Crippen LogP contribution < -0.4 is 5.32 Å². The number of likely N-dealkylation sites (tertiary alicyclic amines) is 1. The van der Waals surface area contributed by atoms with Gasteiger partial charge in [0.25, 0.3) is 5.69 Å². The zero-order chi connectivity index (χ0) is 16.4. The number of hydrogen-bond donors (Lipinski definition) is 1. The normalized spacial score (nSPS) is 20.9. The molecular formula is C15H20FN3O3. The number of para-hydroxylation sites is 2. The van der Waals surface area contributed by atoms with Crippen molar-refractivity contribution in [2.24, 2.45) is 0 Å². The first-order valence-corrected chi connectivity index (χ1v) is 7.19. The number of hydrogen-bond acceptors (Lipinski definition) is 5. The van der Waals surface area contributed by atoms with Crippen molar-refractivity contribution in [1.82, 2.24) is 4.90 Å². The second-order valence-corrected chi connectivity index (χ2v) is 6.09. The van der Waals surface area contributed by atoms with Crippen molar-refractivity contribution >= 4 is 17.7 Å². The van der Waals surface area contributed by atoms with E-state index in [-0.39, 0.29) is 11.2 Å². The number of alkyl halides is 1. The number of carbonyl (C=O) groups excluding carboxylic acids is 1. The second-order valence-electron chi connectivity index (χ2n) is 6.09. The van der Waals surface area contributed by atoms with Gasteiger partial charge >= 0.3 is 0 Å². The van der Waals surface area contributed by atoms with Crippen molar-refractivity contribution in [1.29, 1.82) is 0 Å². The Morgan fingerprint density at radius 3 is 2.55 bits per heavy atom. The van der Waals surface area contributed by atoms with Gasteiger partial charge in [0, 0.05) is 24.7 Å². The minimum Gasteiger partial charge on any atom is -0.374 e. The van der Waals surface area contributed by atoms with Gasteiger partial charge in [-0.1, -0.05) is 12.1 Å². The van der Waals surface area contributed by atoms with E-state index in [4.69, 9.17) is 0 Å². The van der Waals surface area contributed by atoms with Crippen molar-refractivity contribution < 1.29 is 14.1 Å². The van der Waals surface area contributed by atoms with Crippen molar-refractivity contribution in [2.45, 2.75) is 38.0 Å². The average Bonchev–Trinajstić information content (AvgIpc) is 2.47. The van der Waals surface area contributed by atoms with Gasteiger partial charge in [0.05, 0.1) is 4.92 Å². The largest absolute Gasteiger partial charge is 0.374 e. The molecule has 0 saturated carbocycles. The first kappa shape index (κ1) is 16.4. The van der Waals surface area contributed by atoms with Crippen LogP contribution in [0.15, 0.2) is 24.3 Å². The van der Waals surface area contributed by atoms with Gasteiger partial charge in [-0.2, -0.15) is 0 Å². The van der Waals surface area contributed by atoms with Gasteiger partial charge < -0.3 is 5.32 Å². The average molecular weight is 309 g/mol. The molecule has 7 heteroatoms. The fourth-order valence-corrected chi connectivity index (χ4v) is 2.70. The molecule has 1 N–H and O–H groups in total. The Balaban J connectivity index is 2.09. The molecule has 0 amide bonds. The topological polar surface area (TPSA) is 75.5 Å². The standard InChI is InChI=1S/C15H20FN3O3/c1-14(7-9-18(10-8-14)15(2,16)11-20)17-12-5-3-4-6-13(12)19(21)22/h3-6,11,17H,7-10H2,1-2H3. The lowest BCUT2D eigenvalue weighted by molar-refractivity contribution is -0.384. The summed E-state index contributed by atoms with van der Waals surface area (Å²) in [6.07, 6.45) is 1.49. The Hall–Kier alpha value is -2.02. The Kier molecular flexibility index (Phi) is 4.46. The number of aldehydes is 1. The number of rotatable bonds is 5. The molecule has 0 radical (unpaired) electrons. The maximum atomic E-state index is 14.0. The number of nitro benzene ring substituents is 1. The fourth-order valence-electron chi connectivity index (χ4n) is 2.70. The summed E-state index contributed by atoms with van der Waals surface area (Å²) in [5.41, 5.74) is 0.109. The molecule has 0 aromatic heterocycles. The number of benzene rings is 1. The van der Waals surface area contributed by atoms with Gasteiger partial charge in [-0.05, 0) is 32.8 Å². The van der Waals surface area contributed by atoms with Crippen LogP contribution in [0.25, 0.3) is 0 Å². The molecule has 1 aliphatic heterocycles. The zero-order valence-electron chi connectivity index (χ0n) is 12.7. The summed E-state index contributed by atoms with van der Waals surface area (Å²) in [5, 5.41) is 14.3. The van der Waals surface area contributed by atoms with E-state index in [9.17, 15) is 19.3 Å². The summed E-state index contributed by atoms with van der Waals surface area (Å²) >= 11 is 0. The lowest BCUT2D eigenvalue weighted by atomic mass is 9.88. The Bertz CT molecular complexity index is 569. The predicted molar refractivity (Wildman–Crippen MR) is 81.5 cm³/mol. The molecule has 1 heterocycles. The first-order chi connectivity index (χ1) is 10.3. The molecular weight excluding hydrogens is 289 g/mol. The number of halogens is 1. The zero-order valence-corrected chi connectivity index (χ0v) is 12.7. The van der Waals surface area contributed by atoms with Gasteiger partial charge in [0.2, 0.25) is 5.79 Å². The summed E-state index contributed by atoms with van der Waals surface area (Å²) in [4.78, 5) is 22.9. The molecule has 6 nitrogen and oxygen atoms in total. The van der Waals surface area contributed by atoms with Crippen LogP contribution in [0.2, 0.25) is 0 Å². The van der Waals surface area contributed by atoms with Crippen LogP contribution in [0.4, 0.5) is 15.8 Å². The molecule has 1 saturated heterocycles. The smallest absolute Gasteiger partial charge is 0.292 e. The van der Waals surface area contributed by atoms with Crippen LogP contribution in [0.5, 0.6) is 0 Å². The van der Waals surface area contributed by atoms with E-state index in [2.05, 4.69) is 5.32 Å². The number of piperidine rings is 1. The van der Waals surface area contributed by atoms with E-state index in [0.717, 1.165) is 0 Å². The summed E-state index contributed by atoms with van der Waals surface area (Å²) in [5.74, 6) is -1.96. The summed E-state index contributed by atoms with van der Waals surface area (Å²) in [7, 11) is 0. The molecule has 0 aliphatic carbocycles. The van der Waals surface area contributed by atoms with Crippen LogP contribution in [0, 0.1) is 10.1 Å². The SMILES string of the molecule is CC1(Nc2ccccc2[N+](=O)[O-])CCN(C(C)(F)C=O)CC1. The van der Waals surface area contributed by atoms with E-state index in [1.807, 2.05) is 6.92 Å². The third-order valence-corrected chi connectivity index (χ3v) is 4.24. The van der Waals surface area contributed by atoms with Crippen molar-refractivity contribution in [2.75, 3.05) is 18.4 Å². The summed E-state index contributed by atoms with van der Waals surface area (Å²) < 4.78 is 14.0. The van der Waals surface area contributed by atoms with Crippen LogP contribution >= 0.6 is 0 Å². The van der Waals surface area contributed by atoms with Crippen molar-refractivity contribution in [3.63, 3.8) is 0 Å². The van der Waals surface area contributed by atoms with Crippen molar-refractivity contribution in [3.05, 3.63) is 34.4 Å². The molecule has 120 valence electrons. The predicted octanol–water partition coefficient (Wildman–Crippen LogP) is 2.75. The maximum Gasteiger partial charge on any atom is 0.292 e. The molecule has 0 spiro atoms. The minimum atomic E-state index is -1.96. The number of nitro groups is 1. The number of carbonyl (C=O) groups is 1. The van der Waals surface area contributed by atoms with E-state index < -0.39 is 10.7 Å². The van der Waals surface area contributed by atoms with Crippen LogP contribution in [-0.2, 0) is 4.79 Å². The van der Waals surface area contributed by atoms with Crippen molar-refractivity contribution in [3.8, 4) is 0 Å². The number of nitrogens with zero attached hydrogens (tertiary/aromatic N) is 2. The Morgan fingerprint density at radius 1 is 1.41 bits per heavy atom. The van der Waals surface area contributed by atoms with Gasteiger partial charge in [-0.15, -0.1) is 0 Å². The molecule has 1 unspecified atom stereocenters. The van der Waals surface area contributed by atoms with E-state index in [1.165, 1.54) is 17.9 Å². The summed E-state index contributed by atoms with van der Waals surface area (Å²) in [6, 6.07) is 6.47. The third kappa shape index (κ3) is 3.41. The first-order valence-electron chi connectivity index (χ1n) is 7.19. The molecule has 1 aliphatic rings. The molecule has 1 aromatic rings. The maximum absolute atomic E-state index is 14.0. The quantitative estimate of drug-likeness (QED) is 0.392. The van der Waals surface area contributed by atoms with Gasteiger partial charge in [-0.25, -0.2) is 4.39 Å². The van der Waals surface area contributed by atoms with E-state index in [0.29, 0.717) is 37.9 Å². The molecule has 1 atom stereocenters. The van der Waals surface area contributed by atoms with Crippen LogP contribution in [-0.4, -0.2) is 40.5 Å². The third-order valence-electron chi connectivity index (χ3n) is 4.24. The van der Waals surface area contributed by atoms with Crippen LogP contribution in [0.3, 0.4) is 0 Å². The highest BCUT2D eigenvalue weighted by molar-refractivity contribution is 5.62. The summed E-state index contributed by atoms with van der Waals surface area (Å²) in [6.45, 7) is 4.03. The second kappa shape index (κ2) is 6.00. The monoisotopic (exact) mass is 309 g/mol.